The lowest BCUT2D eigenvalue weighted by Gasteiger charge is -2.43. The number of amides is 2. The standard InChI is InChI=1S/C11H14N2O2/c1-11(15)7-13(8-11)10(14)12-9-5-3-2-4-6-9/h2-6,15H,7-8H2,1H3,(H,12,14). The molecule has 0 saturated carbocycles. The van der Waals surface area contributed by atoms with Crippen LogP contribution >= 0.6 is 0 Å². The minimum absolute atomic E-state index is 0.160. The molecule has 4 heteroatoms. The summed E-state index contributed by atoms with van der Waals surface area (Å²) in [6.45, 7) is 2.51. The summed E-state index contributed by atoms with van der Waals surface area (Å²) in [6, 6.07) is 9.12. The average Bonchev–Trinajstić information content (AvgIpc) is 2.15. The molecule has 0 radical (unpaired) electrons. The number of hydrogen-bond acceptors (Lipinski definition) is 2. The molecular weight excluding hydrogens is 192 g/mol. The predicted octanol–water partition coefficient (Wildman–Crippen LogP) is 1.29. The van der Waals surface area contributed by atoms with Gasteiger partial charge in [0.25, 0.3) is 0 Å². The number of β-amino-alcohol motifs (C(OH)–C–C–N with tert-alkyl or cyclic N) is 1. The van der Waals surface area contributed by atoms with Gasteiger partial charge in [-0.1, -0.05) is 18.2 Å². The molecule has 1 aromatic rings. The fourth-order valence-corrected chi connectivity index (χ4v) is 1.64. The minimum Gasteiger partial charge on any atom is -0.386 e. The Hall–Kier alpha value is -1.55. The van der Waals surface area contributed by atoms with Crippen molar-refractivity contribution in [2.45, 2.75) is 12.5 Å². The van der Waals surface area contributed by atoms with Crippen molar-refractivity contribution in [3.63, 3.8) is 0 Å². The fraction of sp³-hybridized carbons (Fsp3) is 0.364. The molecule has 0 aromatic heterocycles. The fourth-order valence-electron chi connectivity index (χ4n) is 1.64. The van der Waals surface area contributed by atoms with Crippen LogP contribution in [0.2, 0.25) is 0 Å². The molecule has 2 amide bonds. The second kappa shape index (κ2) is 3.55. The van der Waals surface area contributed by atoms with E-state index in [2.05, 4.69) is 5.32 Å². The van der Waals surface area contributed by atoms with E-state index in [4.69, 9.17) is 0 Å². The maximum Gasteiger partial charge on any atom is 0.322 e. The van der Waals surface area contributed by atoms with Gasteiger partial charge in [-0.15, -0.1) is 0 Å². The van der Waals surface area contributed by atoms with E-state index in [1.54, 1.807) is 11.8 Å². The van der Waals surface area contributed by atoms with E-state index in [9.17, 15) is 9.90 Å². The Morgan fingerprint density at radius 3 is 2.53 bits per heavy atom. The van der Waals surface area contributed by atoms with Crippen molar-refractivity contribution in [1.82, 2.24) is 4.90 Å². The third-order valence-corrected chi connectivity index (χ3v) is 2.38. The number of nitrogens with zero attached hydrogens (tertiary/aromatic N) is 1. The largest absolute Gasteiger partial charge is 0.386 e. The van der Waals surface area contributed by atoms with Gasteiger partial charge in [0.05, 0.1) is 18.7 Å². The van der Waals surface area contributed by atoms with E-state index in [0.717, 1.165) is 5.69 Å². The van der Waals surface area contributed by atoms with Crippen molar-refractivity contribution < 1.29 is 9.90 Å². The molecule has 1 saturated heterocycles. The maximum absolute atomic E-state index is 11.6. The number of carbonyl (C=O) groups excluding carboxylic acids is 1. The van der Waals surface area contributed by atoms with Crippen LogP contribution in [0.1, 0.15) is 6.92 Å². The molecule has 2 rings (SSSR count). The Morgan fingerprint density at radius 1 is 1.40 bits per heavy atom. The minimum atomic E-state index is -0.714. The van der Waals surface area contributed by atoms with Crippen LogP contribution in [0, 0.1) is 0 Å². The molecule has 0 bridgehead atoms. The van der Waals surface area contributed by atoms with Crippen LogP contribution in [0.15, 0.2) is 30.3 Å². The summed E-state index contributed by atoms with van der Waals surface area (Å²) >= 11 is 0. The summed E-state index contributed by atoms with van der Waals surface area (Å²) in [5, 5.41) is 12.2. The Kier molecular flexibility index (Phi) is 2.36. The molecule has 0 aliphatic carbocycles. The Bertz CT molecular complexity index is 354. The van der Waals surface area contributed by atoms with Crippen molar-refractivity contribution in [2.24, 2.45) is 0 Å². The summed E-state index contributed by atoms with van der Waals surface area (Å²) in [7, 11) is 0. The number of anilines is 1. The summed E-state index contributed by atoms with van der Waals surface area (Å²) < 4.78 is 0. The van der Waals surface area contributed by atoms with E-state index in [-0.39, 0.29) is 6.03 Å². The third kappa shape index (κ3) is 2.27. The number of nitrogens with one attached hydrogen (secondary N) is 1. The van der Waals surface area contributed by atoms with Crippen molar-refractivity contribution in [1.29, 1.82) is 0 Å². The number of para-hydroxylation sites is 1. The molecule has 1 aliphatic rings. The first-order chi connectivity index (χ1) is 7.07. The first-order valence-corrected chi connectivity index (χ1v) is 4.90. The van der Waals surface area contributed by atoms with Crippen molar-refractivity contribution in [3.8, 4) is 0 Å². The van der Waals surface area contributed by atoms with Crippen LogP contribution in [0.5, 0.6) is 0 Å². The predicted molar refractivity (Wildman–Crippen MR) is 57.7 cm³/mol. The molecule has 0 spiro atoms. The molecule has 1 aromatic carbocycles. The lowest BCUT2D eigenvalue weighted by Crippen LogP contribution is -2.62. The third-order valence-electron chi connectivity index (χ3n) is 2.38. The van der Waals surface area contributed by atoms with Crippen LogP contribution in [-0.4, -0.2) is 34.7 Å². The molecule has 2 N–H and O–H groups in total. The van der Waals surface area contributed by atoms with Gasteiger partial charge in [-0.25, -0.2) is 4.79 Å². The van der Waals surface area contributed by atoms with Crippen molar-refractivity contribution in [3.05, 3.63) is 30.3 Å². The SMILES string of the molecule is CC1(O)CN(C(=O)Nc2ccccc2)C1. The first-order valence-electron chi connectivity index (χ1n) is 4.90. The Balaban J connectivity index is 1.89. The molecule has 15 heavy (non-hydrogen) atoms. The molecule has 1 fully saturated rings. The topological polar surface area (TPSA) is 52.6 Å². The van der Waals surface area contributed by atoms with Crippen molar-refractivity contribution in [2.75, 3.05) is 18.4 Å². The molecule has 0 atom stereocenters. The summed E-state index contributed by atoms with van der Waals surface area (Å²) in [4.78, 5) is 13.2. The molecule has 1 aliphatic heterocycles. The van der Waals surface area contributed by atoms with Crippen LogP contribution in [0.4, 0.5) is 10.5 Å². The Labute approximate surface area is 88.5 Å². The van der Waals surface area contributed by atoms with Gasteiger partial charge in [-0.2, -0.15) is 0 Å². The number of hydrogen-bond donors (Lipinski definition) is 2. The number of benzene rings is 1. The highest BCUT2D eigenvalue weighted by atomic mass is 16.3. The highest BCUT2D eigenvalue weighted by molar-refractivity contribution is 5.90. The first kappa shape index (κ1) is 9.98. The molecule has 4 nitrogen and oxygen atoms in total. The number of carbonyl (C=O) groups is 1. The van der Waals surface area contributed by atoms with E-state index >= 15 is 0 Å². The summed E-state index contributed by atoms with van der Waals surface area (Å²) in [5.74, 6) is 0. The molecule has 1 heterocycles. The zero-order chi connectivity index (χ0) is 10.9. The van der Waals surface area contributed by atoms with Gasteiger partial charge in [0, 0.05) is 5.69 Å². The quantitative estimate of drug-likeness (QED) is 0.727. The number of rotatable bonds is 1. The highest BCUT2D eigenvalue weighted by Crippen LogP contribution is 2.20. The van der Waals surface area contributed by atoms with Gasteiger partial charge in [0.2, 0.25) is 0 Å². The zero-order valence-corrected chi connectivity index (χ0v) is 8.60. The lowest BCUT2D eigenvalue weighted by molar-refractivity contribution is -0.0581. The number of likely N-dealkylation sites (tertiary alicyclic amines) is 1. The van der Waals surface area contributed by atoms with Gasteiger partial charge < -0.3 is 15.3 Å². The second-order valence-corrected chi connectivity index (χ2v) is 4.15. The summed E-state index contributed by atoms with van der Waals surface area (Å²) in [6.07, 6.45) is 0. The molecule has 80 valence electrons. The molecular formula is C11H14N2O2. The average molecular weight is 206 g/mol. The van der Waals surface area contributed by atoms with Crippen LogP contribution < -0.4 is 5.32 Å². The van der Waals surface area contributed by atoms with E-state index in [1.807, 2.05) is 30.3 Å². The highest BCUT2D eigenvalue weighted by Gasteiger charge is 2.39. The maximum atomic E-state index is 11.6. The van der Waals surface area contributed by atoms with E-state index in [1.165, 1.54) is 0 Å². The Morgan fingerprint density at radius 2 is 2.00 bits per heavy atom. The van der Waals surface area contributed by atoms with Crippen LogP contribution in [-0.2, 0) is 0 Å². The van der Waals surface area contributed by atoms with Crippen LogP contribution in [0.3, 0.4) is 0 Å². The van der Waals surface area contributed by atoms with E-state index in [0.29, 0.717) is 13.1 Å². The summed E-state index contributed by atoms with van der Waals surface area (Å²) in [5.41, 5.74) is 0.0580. The second-order valence-electron chi connectivity index (χ2n) is 4.15. The van der Waals surface area contributed by atoms with Crippen molar-refractivity contribution >= 4 is 11.7 Å². The number of urea groups is 1. The van der Waals surface area contributed by atoms with Gasteiger partial charge in [0.15, 0.2) is 0 Å². The number of aliphatic hydroxyl groups is 1. The van der Waals surface area contributed by atoms with Gasteiger partial charge in [-0.05, 0) is 19.1 Å². The van der Waals surface area contributed by atoms with Gasteiger partial charge in [-0.3, -0.25) is 0 Å². The van der Waals surface area contributed by atoms with E-state index < -0.39 is 5.60 Å². The monoisotopic (exact) mass is 206 g/mol. The normalized spacial score (nSPS) is 18.1. The zero-order valence-electron chi connectivity index (χ0n) is 8.60. The van der Waals surface area contributed by atoms with Gasteiger partial charge in [0.1, 0.15) is 0 Å². The lowest BCUT2D eigenvalue weighted by atomic mass is 9.98. The van der Waals surface area contributed by atoms with Gasteiger partial charge >= 0.3 is 6.03 Å². The molecule has 0 unspecified atom stereocenters. The van der Waals surface area contributed by atoms with Crippen LogP contribution in [0.25, 0.3) is 0 Å². The smallest absolute Gasteiger partial charge is 0.322 e.